The van der Waals surface area contributed by atoms with Gasteiger partial charge >= 0.3 is 5.97 Å². The lowest BCUT2D eigenvalue weighted by molar-refractivity contribution is -0.138. The maximum absolute atomic E-state index is 13.2. The van der Waals surface area contributed by atoms with E-state index in [1.54, 1.807) is 22.5 Å². The molecule has 4 rings (SSSR count). The van der Waals surface area contributed by atoms with Crippen molar-refractivity contribution in [1.29, 1.82) is 0 Å². The molecule has 2 aromatic carbocycles. The number of aromatic nitrogens is 3. The van der Waals surface area contributed by atoms with E-state index < -0.39 is 12.0 Å². The first kappa shape index (κ1) is 23.6. The van der Waals surface area contributed by atoms with E-state index in [0.717, 1.165) is 23.3 Å². The molecule has 0 saturated heterocycles. The van der Waals surface area contributed by atoms with Crippen molar-refractivity contribution in [2.24, 2.45) is 0 Å². The number of rotatable bonds is 10. The SMILES string of the molecule is C=CCOC(=O)C1=C(C)Nc2nc(SCCC)nn2C1c1ccccc1OCc1ccccc1. The third-order valence-corrected chi connectivity index (χ3v) is 6.31. The van der Waals surface area contributed by atoms with Gasteiger partial charge < -0.3 is 14.8 Å². The summed E-state index contributed by atoms with van der Waals surface area (Å²) in [6, 6.07) is 17.1. The van der Waals surface area contributed by atoms with Gasteiger partial charge in [0.05, 0.1) is 5.57 Å². The zero-order valence-electron chi connectivity index (χ0n) is 19.4. The molecule has 0 amide bonds. The third kappa shape index (κ3) is 5.17. The van der Waals surface area contributed by atoms with Crippen molar-refractivity contribution < 1.29 is 14.3 Å². The molecule has 0 aliphatic carbocycles. The highest BCUT2D eigenvalue weighted by Crippen LogP contribution is 2.40. The molecule has 176 valence electrons. The van der Waals surface area contributed by atoms with Gasteiger partial charge in [0, 0.05) is 17.0 Å². The maximum Gasteiger partial charge on any atom is 0.338 e. The Balaban J connectivity index is 1.75. The number of benzene rings is 2. The van der Waals surface area contributed by atoms with Gasteiger partial charge in [-0.15, -0.1) is 5.10 Å². The van der Waals surface area contributed by atoms with E-state index in [-0.39, 0.29) is 6.61 Å². The van der Waals surface area contributed by atoms with Crippen LogP contribution in [0.5, 0.6) is 5.75 Å². The van der Waals surface area contributed by atoms with Crippen molar-refractivity contribution >= 4 is 23.7 Å². The van der Waals surface area contributed by atoms with Crippen molar-refractivity contribution in [2.75, 3.05) is 17.7 Å². The molecule has 1 N–H and O–H groups in total. The quantitative estimate of drug-likeness (QED) is 0.239. The molecule has 1 aliphatic heterocycles. The van der Waals surface area contributed by atoms with Gasteiger partial charge in [-0.05, 0) is 25.0 Å². The first-order chi connectivity index (χ1) is 16.6. The lowest BCUT2D eigenvalue weighted by Gasteiger charge is -2.29. The zero-order chi connectivity index (χ0) is 23.9. The molecule has 1 aromatic heterocycles. The largest absolute Gasteiger partial charge is 0.489 e. The predicted molar refractivity (Wildman–Crippen MR) is 134 cm³/mol. The highest BCUT2D eigenvalue weighted by Gasteiger charge is 2.36. The number of fused-ring (bicyclic) bond motifs is 1. The van der Waals surface area contributed by atoms with Crippen LogP contribution >= 0.6 is 11.8 Å². The molecule has 0 fully saturated rings. The predicted octanol–water partition coefficient (Wildman–Crippen LogP) is 5.38. The Morgan fingerprint density at radius 3 is 2.74 bits per heavy atom. The van der Waals surface area contributed by atoms with Crippen LogP contribution in [-0.2, 0) is 16.1 Å². The zero-order valence-corrected chi connectivity index (χ0v) is 20.2. The molecule has 8 heteroatoms. The Morgan fingerprint density at radius 1 is 1.21 bits per heavy atom. The van der Waals surface area contributed by atoms with Crippen LogP contribution in [0.4, 0.5) is 5.95 Å². The number of para-hydroxylation sites is 1. The van der Waals surface area contributed by atoms with Crippen LogP contribution in [0, 0.1) is 0 Å². The van der Waals surface area contributed by atoms with Gasteiger partial charge in [0.2, 0.25) is 11.1 Å². The molecular formula is C26H28N4O3S. The van der Waals surface area contributed by atoms with Crippen molar-refractivity contribution in [3.8, 4) is 5.75 Å². The molecule has 0 radical (unpaired) electrons. The number of hydrogen-bond acceptors (Lipinski definition) is 7. The minimum absolute atomic E-state index is 0.121. The molecular weight excluding hydrogens is 448 g/mol. The fourth-order valence-electron chi connectivity index (χ4n) is 3.72. The number of hydrogen-bond donors (Lipinski definition) is 1. The Labute approximate surface area is 203 Å². The first-order valence-electron chi connectivity index (χ1n) is 11.2. The molecule has 34 heavy (non-hydrogen) atoms. The monoisotopic (exact) mass is 476 g/mol. The maximum atomic E-state index is 13.2. The molecule has 1 atom stereocenters. The van der Waals surface area contributed by atoms with Crippen LogP contribution < -0.4 is 10.1 Å². The number of ether oxygens (including phenoxy) is 2. The van der Waals surface area contributed by atoms with Crippen LogP contribution in [0.1, 0.15) is 37.4 Å². The molecule has 0 saturated carbocycles. The molecule has 2 heterocycles. The summed E-state index contributed by atoms with van der Waals surface area (Å²) in [6.07, 6.45) is 2.56. The summed E-state index contributed by atoms with van der Waals surface area (Å²) in [6.45, 7) is 8.14. The highest BCUT2D eigenvalue weighted by atomic mass is 32.2. The number of esters is 1. The molecule has 7 nitrogen and oxygen atoms in total. The Morgan fingerprint density at radius 2 is 1.97 bits per heavy atom. The minimum Gasteiger partial charge on any atom is -0.489 e. The summed E-state index contributed by atoms with van der Waals surface area (Å²) >= 11 is 1.59. The molecule has 1 aliphatic rings. The van der Waals surface area contributed by atoms with Crippen LogP contribution in [0.2, 0.25) is 0 Å². The summed E-state index contributed by atoms with van der Waals surface area (Å²) in [5.74, 6) is 1.73. The Bertz CT molecular complexity index is 1190. The van der Waals surface area contributed by atoms with Gasteiger partial charge in [-0.25, -0.2) is 9.48 Å². The van der Waals surface area contributed by atoms with Crippen molar-refractivity contribution in [3.63, 3.8) is 0 Å². The lowest BCUT2D eigenvalue weighted by atomic mass is 9.95. The van der Waals surface area contributed by atoms with Crippen LogP contribution in [0.3, 0.4) is 0 Å². The van der Waals surface area contributed by atoms with E-state index in [1.807, 2.05) is 61.5 Å². The summed E-state index contributed by atoms with van der Waals surface area (Å²) in [5.41, 5.74) is 2.99. The topological polar surface area (TPSA) is 78.3 Å². The average Bonchev–Trinajstić information content (AvgIpc) is 3.27. The van der Waals surface area contributed by atoms with E-state index in [4.69, 9.17) is 14.6 Å². The van der Waals surface area contributed by atoms with Gasteiger partial charge in [0.15, 0.2) is 0 Å². The molecule has 1 unspecified atom stereocenters. The van der Waals surface area contributed by atoms with E-state index in [0.29, 0.717) is 34.7 Å². The van der Waals surface area contributed by atoms with Gasteiger partial charge in [-0.3, -0.25) is 0 Å². The summed E-state index contributed by atoms with van der Waals surface area (Å²) in [7, 11) is 0. The van der Waals surface area contributed by atoms with Crippen LogP contribution in [-0.4, -0.2) is 33.1 Å². The average molecular weight is 477 g/mol. The van der Waals surface area contributed by atoms with E-state index >= 15 is 0 Å². The standard InChI is InChI=1S/C26H28N4O3S/c1-4-15-32-24(31)22-18(3)27-25-28-26(34-16-5-2)29-30(25)23(22)20-13-9-10-14-21(20)33-17-19-11-7-6-8-12-19/h4,6-14,23H,1,5,15-17H2,2-3H3,(H,27,28,29). The van der Waals surface area contributed by atoms with E-state index in [9.17, 15) is 4.79 Å². The van der Waals surface area contributed by atoms with Crippen LogP contribution in [0.25, 0.3) is 0 Å². The molecule has 0 bridgehead atoms. The second kappa shape index (κ2) is 11.1. The number of carbonyl (C=O) groups is 1. The summed E-state index contributed by atoms with van der Waals surface area (Å²) < 4.78 is 13.4. The van der Waals surface area contributed by atoms with Gasteiger partial charge in [-0.1, -0.05) is 79.9 Å². The summed E-state index contributed by atoms with van der Waals surface area (Å²) in [5, 5.41) is 8.63. The number of nitrogens with one attached hydrogen (secondary N) is 1. The molecule has 0 spiro atoms. The second-order valence-corrected chi connectivity index (χ2v) is 8.84. The normalized spacial score (nSPS) is 14.8. The van der Waals surface area contributed by atoms with Crippen molar-refractivity contribution in [1.82, 2.24) is 14.8 Å². The molecule has 3 aromatic rings. The van der Waals surface area contributed by atoms with Crippen LogP contribution in [0.15, 0.2) is 83.7 Å². The number of carbonyl (C=O) groups excluding carboxylic acids is 1. The van der Waals surface area contributed by atoms with Gasteiger partial charge in [0.1, 0.15) is 25.0 Å². The fraction of sp³-hybridized carbons (Fsp3) is 0.269. The fourth-order valence-corrected chi connectivity index (χ4v) is 4.41. The highest BCUT2D eigenvalue weighted by molar-refractivity contribution is 7.99. The number of thioether (sulfide) groups is 1. The number of allylic oxidation sites excluding steroid dienone is 1. The van der Waals surface area contributed by atoms with Gasteiger partial charge in [0.25, 0.3) is 0 Å². The third-order valence-electron chi connectivity index (χ3n) is 5.27. The number of nitrogens with zero attached hydrogens (tertiary/aromatic N) is 3. The Hall–Kier alpha value is -3.52. The lowest BCUT2D eigenvalue weighted by Crippen LogP contribution is -2.30. The second-order valence-electron chi connectivity index (χ2n) is 7.78. The van der Waals surface area contributed by atoms with Crippen molar-refractivity contribution in [3.05, 3.63) is 89.6 Å². The van der Waals surface area contributed by atoms with E-state index in [1.165, 1.54) is 0 Å². The Kier molecular flexibility index (Phi) is 7.69. The number of anilines is 1. The first-order valence-corrected chi connectivity index (χ1v) is 12.2. The summed E-state index contributed by atoms with van der Waals surface area (Å²) in [4.78, 5) is 17.8. The van der Waals surface area contributed by atoms with Crippen molar-refractivity contribution in [2.45, 2.75) is 38.1 Å². The smallest absolute Gasteiger partial charge is 0.338 e. The van der Waals surface area contributed by atoms with E-state index in [2.05, 4.69) is 23.8 Å². The minimum atomic E-state index is -0.552. The van der Waals surface area contributed by atoms with Gasteiger partial charge in [-0.2, -0.15) is 4.98 Å².